The maximum Gasteiger partial charge on any atom is 0.387 e. The molecule has 0 fully saturated rings. The lowest BCUT2D eigenvalue weighted by Crippen LogP contribution is -2.10. The molecule has 2 aromatic carbocycles. The third kappa shape index (κ3) is 4.08. The second kappa shape index (κ2) is 6.92. The standard InChI is InChI=1S/C16H17F2NO2/c1-11(12-6-5-7-13(10-12)20-2)19-14-8-3-4-9-15(14)21-16(17)18/h3-11,16,19H,1-2H3. The molecular weight excluding hydrogens is 276 g/mol. The Morgan fingerprint density at radius 3 is 2.52 bits per heavy atom. The van der Waals surface area contributed by atoms with Gasteiger partial charge in [0.05, 0.1) is 12.8 Å². The lowest BCUT2D eigenvalue weighted by atomic mass is 10.1. The van der Waals surface area contributed by atoms with Crippen LogP contribution < -0.4 is 14.8 Å². The number of hydrogen-bond donors (Lipinski definition) is 1. The van der Waals surface area contributed by atoms with Crippen LogP contribution in [0.25, 0.3) is 0 Å². The van der Waals surface area contributed by atoms with Crippen molar-refractivity contribution in [2.45, 2.75) is 19.6 Å². The average molecular weight is 293 g/mol. The Labute approximate surface area is 122 Å². The topological polar surface area (TPSA) is 30.5 Å². The third-order valence-corrected chi connectivity index (χ3v) is 3.07. The lowest BCUT2D eigenvalue weighted by molar-refractivity contribution is -0.0493. The van der Waals surface area contributed by atoms with Crippen LogP contribution in [0.15, 0.2) is 48.5 Å². The predicted molar refractivity (Wildman–Crippen MR) is 78.1 cm³/mol. The van der Waals surface area contributed by atoms with Gasteiger partial charge in [0.25, 0.3) is 0 Å². The summed E-state index contributed by atoms with van der Waals surface area (Å²) >= 11 is 0. The number of para-hydroxylation sites is 2. The summed E-state index contributed by atoms with van der Waals surface area (Å²) in [5, 5.41) is 3.17. The second-order valence-electron chi connectivity index (χ2n) is 4.52. The van der Waals surface area contributed by atoms with Crippen LogP contribution in [0.3, 0.4) is 0 Å². The summed E-state index contributed by atoms with van der Waals surface area (Å²) in [5.41, 5.74) is 1.51. The Hall–Kier alpha value is -2.30. The van der Waals surface area contributed by atoms with E-state index in [1.54, 1.807) is 25.3 Å². The Balaban J connectivity index is 2.17. The number of rotatable bonds is 6. The molecular formula is C16H17F2NO2. The summed E-state index contributed by atoms with van der Waals surface area (Å²) in [4.78, 5) is 0. The number of hydrogen-bond acceptors (Lipinski definition) is 3. The van der Waals surface area contributed by atoms with Gasteiger partial charge in [-0.25, -0.2) is 0 Å². The number of halogens is 2. The first-order valence-electron chi connectivity index (χ1n) is 6.54. The lowest BCUT2D eigenvalue weighted by Gasteiger charge is -2.19. The number of nitrogens with one attached hydrogen (secondary N) is 1. The molecule has 0 aromatic heterocycles. The highest BCUT2D eigenvalue weighted by Gasteiger charge is 2.12. The number of benzene rings is 2. The van der Waals surface area contributed by atoms with Gasteiger partial charge in [0.1, 0.15) is 11.5 Å². The van der Waals surface area contributed by atoms with Crippen molar-refractivity contribution >= 4 is 5.69 Å². The van der Waals surface area contributed by atoms with Crippen LogP contribution in [0.2, 0.25) is 0 Å². The molecule has 0 aliphatic carbocycles. The van der Waals surface area contributed by atoms with E-state index in [0.717, 1.165) is 11.3 Å². The van der Waals surface area contributed by atoms with Crippen LogP contribution in [0, 0.1) is 0 Å². The van der Waals surface area contributed by atoms with E-state index >= 15 is 0 Å². The normalized spacial score (nSPS) is 12.0. The van der Waals surface area contributed by atoms with E-state index < -0.39 is 6.61 Å². The molecule has 0 amide bonds. The molecule has 0 saturated carbocycles. The van der Waals surface area contributed by atoms with Gasteiger partial charge in [-0.1, -0.05) is 24.3 Å². The molecule has 0 saturated heterocycles. The zero-order valence-electron chi connectivity index (χ0n) is 11.8. The van der Waals surface area contributed by atoms with Crippen LogP contribution in [0.5, 0.6) is 11.5 Å². The molecule has 0 radical (unpaired) electrons. The van der Waals surface area contributed by atoms with Crippen molar-refractivity contribution in [1.29, 1.82) is 0 Å². The average Bonchev–Trinajstić information content (AvgIpc) is 2.48. The molecule has 5 heteroatoms. The van der Waals surface area contributed by atoms with Gasteiger partial charge in [-0.15, -0.1) is 0 Å². The molecule has 1 N–H and O–H groups in total. The number of anilines is 1. The van der Waals surface area contributed by atoms with Gasteiger partial charge in [0.15, 0.2) is 0 Å². The minimum absolute atomic E-state index is 0.0810. The minimum atomic E-state index is -2.85. The van der Waals surface area contributed by atoms with Gasteiger partial charge < -0.3 is 14.8 Å². The highest BCUT2D eigenvalue weighted by molar-refractivity contribution is 5.57. The molecule has 2 aromatic rings. The number of methoxy groups -OCH3 is 1. The molecule has 112 valence electrons. The predicted octanol–water partition coefficient (Wildman–Crippen LogP) is 4.47. The summed E-state index contributed by atoms with van der Waals surface area (Å²) in [6.45, 7) is -0.909. The monoisotopic (exact) mass is 293 g/mol. The van der Waals surface area contributed by atoms with E-state index in [2.05, 4.69) is 10.1 Å². The Kier molecular flexibility index (Phi) is 4.98. The largest absolute Gasteiger partial charge is 0.497 e. The van der Waals surface area contributed by atoms with Gasteiger partial charge in [-0.05, 0) is 36.8 Å². The maximum atomic E-state index is 12.4. The zero-order valence-corrected chi connectivity index (χ0v) is 11.8. The third-order valence-electron chi connectivity index (χ3n) is 3.07. The molecule has 3 nitrogen and oxygen atoms in total. The zero-order chi connectivity index (χ0) is 15.2. The highest BCUT2D eigenvalue weighted by Crippen LogP contribution is 2.30. The quantitative estimate of drug-likeness (QED) is 0.852. The van der Waals surface area contributed by atoms with Crippen molar-refractivity contribution in [3.05, 3.63) is 54.1 Å². The molecule has 0 aliphatic rings. The molecule has 0 aliphatic heterocycles. The fraction of sp³-hybridized carbons (Fsp3) is 0.250. The summed E-state index contributed by atoms with van der Waals surface area (Å²) in [6, 6.07) is 14.1. The van der Waals surface area contributed by atoms with E-state index in [-0.39, 0.29) is 11.8 Å². The van der Waals surface area contributed by atoms with E-state index in [9.17, 15) is 8.78 Å². The molecule has 1 atom stereocenters. The van der Waals surface area contributed by atoms with Crippen LogP contribution in [0.1, 0.15) is 18.5 Å². The summed E-state index contributed by atoms with van der Waals surface area (Å²) in [6.07, 6.45) is 0. The van der Waals surface area contributed by atoms with Gasteiger partial charge in [0, 0.05) is 6.04 Å². The Bertz CT molecular complexity index is 590. The molecule has 0 bridgehead atoms. The van der Waals surface area contributed by atoms with E-state index in [4.69, 9.17) is 4.74 Å². The van der Waals surface area contributed by atoms with Crippen molar-refractivity contribution in [2.24, 2.45) is 0 Å². The second-order valence-corrected chi connectivity index (χ2v) is 4.52. The summed E-state index contributed by atoms with van der Waals surface area (Å²) < 4.78 is 34.5. The Morgan fingerprint density at radius 2 is 1.81 bits per heavy atom. The van der Waals surface area contributed by atoms with E-state index in [1.807, 2.05) is 31.2 Å². The van der Waals surface area contributed by atoms with Crippen molar-refractivity contribution in [2.75, 3.05) is 12.4 Å². The van der Waals surface area contributed by atoms with Gasteiger partial charge in [-0.2, -0.15) is 8.78 Å². The summed E-state index contributed by atoms with van der Waals surface area (Å²) in [5.74, 6) is 0.875. The van der Waals surface area contributed by atoms with Gasteiger partial charge in [-0.3, -0.25) is 0 Å². The first-order valence-corrected chi connectivity index (χ1v) is 6.54. The Morgan fingerprint density at radius 1 is 1.05 bits per heavy atom. The molecule has 0 heterocycles. The number of alkyl halides is 2. The van der Waals surface area contributed by atoms with Crippen LogP contribution in [0.4, 0.5) is 14.5 Å². The summed E-state index contributed by atoms with van der Waals surface area (Å²) in [7, 11) is 1.60. The molecule has 2 rings (SSSR count). The highest BCUT2D eigenvalue weighted by atomic mass is 19.3. The van der Waals surface area contributed by atoms with Crippen molar-refractivity contribution in [1.82, 2.24) is 0 Å². The molecule has 21 heavy (non-hydrogen) atoms. The van der Waals surface area contributed by atoms with E-state index in [1.165, 1.54) is 6.07 Å². The van der Waals surface area contributed by atoms with Crippen LogP contribution in [-0.4, -0.2) is 13.7 Å². The van der Waals surface area contributed by atoms with E-state index in [0.29, 0.717) is 5.69 Å². The van der Waals surface area contributed by atoms with Gasteiger partial charge >= 0.3 is 6.61 Å². The first kappa shape index (κ1) is 15.1. The fourth-order valence-electron chi connectivity index (χ4n) is 2.01. The first-order chi connectivity index (χ1) is 10.1. The van der Waals surface area contributed by atoms with Crippen molar-refractivity contribution in [3.8, 4) is 11.5 Å². The fourth-order valence-corrected chi connectivity index (χ4v) is 2.01. The molecule has 0 spiro atoms. The molecule has 1 unspecified atom stereocenters. The van der Waals surface area contributed by atoms with Crippen molar-refractivity contribution < 1.29 is 18.3 Å². The minimum Gasteiger partial charge on any atom is -0.497 e. The number of ether oxygens (including phenoxy) is 2. The smallest absolute Gasteiger partial charge is 0.387 e. The van der Waals surface area contributed by atoms with Gasteiger partial charge in [0.2, 0.25) is 0 Å². The maximum absolute atomic E-state index is 12.4. The van der Waals surface area contributed by atoms with Crippen LogP contribution in [-0.2, 0) is 0 Å². The van der Waals surface area contributed by atoms with Crippen LogP contribution >= 0.6 is 0 Å². The SMILES string of the molecule is COc1cccc(C(C)Nc2ccccc2OC(F)F)c1. The van der Waals surface area contributed by atoms with Crippen molar-refractivity contribution in [3.63, 3.8) is 0 Å².